The fraction of sp³-hybridized carbons (Fsp3) is 0.238. The molecular formula is C21H21N3O2S2. The molecule has 2 heterocycles. The molecule has 0 amide bonds. The smallest absolute Gasteiger partial charge is 0.183 e. The van der Waals surface area contributed by atoms with Crippen LogP contribution in [0, 0.1) is 6.92 Å². The average Bonchev–Trinajstić information content (AvgIpc) is 3.08. The van der Waals surface area contributed by atoms with Crippen LogP contribution in [0.25, 0.3) is 21.1 Å². The number of aromatic nitrogens is 2. The molecule has 0 radical (unpaired) electrons. The largest absolute Gasteiger partial charge is 0.355 e. The monoisotopic (exact) mass is 411 g/mol. The van der Waals surface area contributed by atoms with Gasteiger partial charge in [-0.05, 0) is 69.7 Å². The highest BCUT2D eigenvalue weighted by Crippen LogP contribution is 2.34. The van der Waals surface area contributed by atoms with Gasteiger partial charge in [0.25, 0.3) is 0 Å². The van der Waals surface area contributed by atoms with Crippen molar-refractivity contribution in [2.45, 2.75) is 37.3 Å². The Morgan fingerprint density at radius 2 is 1.79 bits per heavy atom. The Balaban J connectivity index is 1.86. The molecule has 2 aromatic carbocycles. The summed E-state index contributed by atoms with van der Waals surface area (Å²) in [5.74, 6) is 0. The molecule has 0 saturated carbocycles. The van der Waals surface area contributed by atoms with E-state index in [0.29, 0.717) is 10.5 Å². The van der Waals surface area contributed by atoms with E-state index in [2.05, 4.69) is 15.3 Å². The standard InChI is InChI=1S/C21H21N3O2S2/c1-13-9-17-15(11-20(13)28(25,26)21(2,3)4)16(7-8-22-17)24-14-5-6-19-18(10-14)23-12-27-19/h5-12H,1-4H3,(H,22,24). The fourth-order valence-corrected chi connectivity index (χ4v) is 5.17. The topological polar surface area (TPSA) is 72.0 Å². The molecular weight excluding hydrogens is 390 g/mol. The first-order valence-corrected chi connectivity index (χ1v) is 11.3. The number of hydrogen-bond acceptors (Lipinski definition) is 6. The predicted octanol–water partition coefficient (Wildman–Crippen LogP) is 5.47. The lowest BCUT2D eigenvalue weighted by Gasteiger charge is -2.21. The molecule has 28 heavy (non-hydrogen) atoms. The van der Waals surface area contributed by atoms with E-state index in [0.717, 1.165) is 32.5 Å². The van der Waals surface area contributed by atoms with Crippen LogP contribution in [0.5, 0.6) is 0 Å². The fourth-order valence-electron chi connectivity index (χ4n) is 3.10. The van der Waals surface area contributed by atoms with E-state index < -0.39 is 14.6 Å². The SMILES string of the molecule is Cc1cc2nccc(Nc3ccc4scnc4c3)c2cc1S(=O)(=O)C(C)(C)C. The van der Waals surface area contributed by atoms with Gasteiger partial charge in [0.05, 0.1) is 30.9 Å². The van der Waals surface area contributed by atoms with E-state index in [1.807, 2.05) is 42.8 Å². The summed E-state index contributed by atoms with van der Waals surface area (Å²) in [6, 6.07) is 11.4. The summed E-state index contributed by atoms with van der Waals surface area (Å²) in [6.45, 7) is 6.97. The van der Waals surface area contributed by atoms with Crippen molar-refractivity contribution in [3.63, 3.8) is 0 Å². The molecule has 0 atom stereocenters. The van der Waals surface area contributed by atoms with Crippen LogP contribution in [0.3, 0.4) is 0 Å². The van der Waals surface area contributed by atoms with E-state index in [4.69, 9.17) is 0 Å². The predicted molar refractivity (Wildman–Crippen MR) is 116 cm³/mol. The molecule has 0 bridgehead atoms. The molecule has 1 N–H and O–H groups in total. The zero-order valence-electron chi connectivity index (χ0n) is 16.1. The number of anilines is 2. The molecule has 0 fully saturated rings. The van der Waals surface area contributed by atoms with Gasteiger partial charge in [-0.1, -0.05) is 0 Å². The average molecular weight is 412 g/mol. The quantitative estimate of drug-likeness (QED) is 0.484. The van der Waals surface area contributed by atoms with Crippen LogP contribution in [0.15, 0.2) is 53.0 Å². The van der Waals surface area contributed by atoms with Gasteiger partial charge < -0.3 is 5.32 Å². The van der Waals surface area contributed by atoms with Gasteiger partial charge in [-0.25, -0.2) is 13.4 Å². The van der Waals surface area contributed by atoms with Gasteiger partial charge in [-0.2, -0.15) is 0 Å². The Bertz CT molecular complexity index is 1300. The van der Waals surface area contributed by atoms with Crippen LogP contribution in [-0.2, 0) is 9.84 Å². The van der Waals surface area contributed by atoms with Crippen LogP contribution < -0.4 is 5.32 Å². The van der Waals surface area contributed by atoms with Crippen molar-refractivity contribution >= 4 is 53.7 Å². The van der Waals surface area contributed by atoms with Gasteiger partial charge in [-0.15, -0.1) is 11.3 Å². The van der Waals surface area contributed by atoms with Crippen LogP contribution in [-0.4, -0.2) is 23.1 Å². The minimum atomic E-state index is -3.47. The molecule has 0 aliphatic carbocycles. The van der Waals surface area contributed by atoms with E-state index in [1.54, 1.807) is 44.4 Å². The van der Waals surface area contributed by atoms with Crippen molar-refractivity contribution < 1.29 is 8.42 Å². The molecule has 144 valence electrons. The number of thiazole rings is 1. The lowest BCUT2D eigenvalue weighted by molar-refractivity contribution is 0.560. The molecule has 0 saturated heterocycles. The second-order valence-corrected chi connectivity index (χ2v) is 11.3. The van der Waals surface area contributed by atoms with Crippen molar-refractivity contribution in [1.29, 1.82) is 0 Å². The molecule has 4 rings (SSSR count). The number of sulfone groups is 1. The number of fused-ring (bicyclic) bond motifs is 2. The summed E-state index contributed by atoms with van der Waals surface area (Å²) in [4.78, 5) is 9.13. The normalized spacial score (nSPS) is 12.6. The maximum atomic E-state index is 13.1. The third-order valence-corrected chi connectivity index (χ3v) is 8.18. The minimum Gasteiger partial charge on any atom is -0.355 e. The second kappa shape index (κ2) is 6.53. The first kappa shape index (κ1) is 18.8. The number of nitrogens with one attached hydrogen (secondary N) is 1. The molecule has 0 aliphatic rings. The Kier molecular flexibility index (Phi) is 4.39. The van der Waals surface area contributed by atoms with Gasteiger partial charge in [0.2, 0.25) is 0 Å². The first-order valence-electron chi connectivity index (χ1n) is 8.91. The van der Waals surface area contributed by atoms with Crippen LogP contribution in [0.2, 0.25) is 0 Å². The zero-order valence-corrected chi connectivity index (χ0v) is 17.8. The Morgan fingerprint density at radius 3 is 2.54 bits per heavy atom. The van der Waals surface area contributed by atoms with E-state index >= 15 is 0 Å². The molecule has 0 aliphatic heterocycles. The lowest BCUT2D eigenvalue weighted by atomic mass is 10.1. The van der Waals surface area contributed by atoms with Gasteiger partial charge in [0.1, 0.15) is 0 Å². The molecule has 5 nitrogen and oxygen atoms in total. The third kappa shape index (κ3) is 3.14. The van der Waals surface area contributed by atoms with Gasteiger partial charge in [-0.3, -0.25) is 4.98 Å². The number of aryl methyl sites for hydroxylation is 1. The molecule has 2 aromatic heterocycles. The van der Waals surface area contributed by atoms with E-state index in [1.165, 1.54) is 0 Å². The summed E-state index contributed by atoms with van der Waals surface area (Å²) in [5, 5.41) is 4.17. The van der Waals surface area contributed by atoms with Crippen molar-refractivity contribution in [2.75, 3.05) is 5.32 Å². The molecule has 7 heteroatoms. The van der Waals surface area contributed by atoms with Crippen molar-refractivity contribution in [2.24, 2.45) is 0 Å². The summed E-state index contributed by atoms with van der Waals surface area (Å²) >= 11 is 1.60. The lowest BCUT2D eigenvalue weighted by Crippen LogP contribution is -2.28. The summed E-state index contributed by atoms with van der Waals surface area (Å²) < 4.78 is 26.4. The van der Waals surface area contributed by atoms with E-state index in [9.17, 15) is 8.42 Å². The number of rotatable bonds is 3. The first-order chi connectivity index (χ1) is 13.2. The number of pyridine rings is 1. The van der Waals surface area contributed by atoms with Gasteiger partial charge >= 0.3 is 0 Å². The van der Waals surface area contributed by atoms with Crippen LogP contribution >= 0.6 is 11.3 Å². The maximum Gasteiger partial charge on any atom is 0.183 e. The van der Waals surface area contributed by atoms with Crippen molar-refractivity contribution in [3.05, 3.63) is 53.7 Å². The molecule has 0 unspecified atom stereocenters. The number of nitrogens with zero attached hydrogens (tertiary/aromatic N) is 2. The molecule has 4 aromatic rings. The third-order valence-electron chi connectivity index (χ3n) is 4.74. The van der Waals surface area contributed by atoms with Crippen molar-refractivity contribution in [1.82, 2.24) is 9.97 Å². The summed E-state index contributed by atoms with van der Waals surface area (Å²) in [6.07, 6.45) is 1.73. The highest BCUT2D eigenvalue weighted by atomic mass is 32.2. The summed E-state index contributed by atoms with van der Waals surface area (Å²) in [5.41, 5.74) is 5.92. The summed E-state index contributed by atoms with van der Waals surface area (Å²) in [7, 11) is -3.47. The van der Waals surface area contributed by atoms with Crippen LogP contribution in [0.1, 0.15) is 26.3 Å². The minimum absolute atomic E-state index is 0.346. The van der Waals surface area contributed by atoms with Crippen molar-refractivity contribution in [3.8, 4) is 0 Å². The Hall–Kier alpha value is -2.51. The second-order valence-electron chi connectivity index (χ2n) is 7.77. The number of benzene rings is 2. The highest BCUT2D eigenvalue weighted by molar-refractivity contribution is 7.92. The van der Waals surface area contributed by atoms with Gasteiger partial charge in [0, 0.05) is 23.0 Å². The van der Waals surface area contributed by atoms with Gasteiger partial charge in [0.15, 0.2) is 9.84 Å². The Labute approximate surface area is 168 Å². The Morgan fingerprint density at radius 1 is 1.00 bits per heavy atom. The maximum absolute atomic E-state index is 13.1. The molecule has 0 spiro atoms. The highest BCUT2D eigenvalue weighted by Gasteiger charge is 2.32. The van der Waals surface area contributed by atoms with Crippen LogP contribution in [0.4, 0.5) is 11.4 Å². The zero-order chi connectivity index (χ0) is 20.1. The number of hydrogen-bond donors (Lipinski definition) is 1. The van der Waals surface area contributed by atoms with E-state index in [-0.39, 0.29) is 0 Å².